The summed E-state index contributed by atoms with van der Waals surface area (Å²) in [5, 5.41) is 11.3. The summed E-state index contributed by atoms with van der Waals surface area (Å²) in [5.41, 5.74) is 0.250. The molecule has 0 aromatic heterocycles. The molecule has 0 bridgehead atoms. The fourth-order valence-corrected chi connectivity index (χ4v) is 4.98. The molecule has 0 heterocycles. The Balaban J connectivity index is 2.10. The molecule has 1 fully saturated rings. The van der Waals surface area contributed by atoms with E-state index in [2.05, 4.69) is 5.32 Å². The first kappa shape index (κ1) is 19.4. The number of aliphatic carboxylic acids is 1. The van der Waals surface area contributed by atoms with E-state index in [9.17, 15) is 23.1 Å². The number of carboxylic acid groups (broad SMARTS) is 1. The van der Waals surface area contributed by atoms with Gasteiger partial charge in [0.25, 0.3) is 5.91 Å². The maximum atomic E-state index is 12.5. The summed E-state index contributed by atoms with van der Waals surface area (Å²) in [7, 11) is -3.36. The number of sulfone groups is 1. The molecule has 1 aliphatic carbocycles. The van der Waals surface area contributed by atoms with Crippen LogP contribution in [0.15, 0.2) is 29.2 Å². The van der Waals surface area contributed by atoms with Gasteiger partial charge < -0.3 is 10.4 Å². The Kier molecular flexibility index (Phi) is 6.21. The summed E-state index contributed by atoms with van der Waals surface area (Å²) in [5.74, 6) is -1.47. The Morgan fingerprint density at radius 1 is 1.16 bits per heavy atom. The SMILES string of the molecule is CC(C)C[C@H](NC(=O)c1ccc(S(=O)(=O)C2CCCC2)cc1)C(=O)O. The molecular weight excluding hydrogens is 342 g/mol. The van der Waals surface area contributed by atoms with Gasteiger partial charge in [-0.3, -0.25) is 4.79 Å². The molecule has 0 spiro atoms. The lowest BCUT2D eigenvalue weighted by Crippen LogP contribution is -2.41. The molecule has 1 saturated carbocycles. The highest BCUT2D eigenvalue weighted by Crippen LogP contribution is 2.29. The Labute approximate surface area is 148 Å². The predicted molar refractivity (Wildman–Crippen MR) is 94.2 cm³/mol. The fraction of sp³-hybridized carbons (Fsp3) is 0.556. The lowest BCUT2D eigenvalue weighted by atomic mass is 10.0. The Bertz CT molecular complexity index is 718. The summed E-state index contributed by atoms with van der Waals surface area (Å²) < 4.78 is 25.1. The molecule has 1 atom stereocenters. The van der Waals surface area contributed by atoms with Crippen molar-refractivity contribution in [2.75, 3.05) is 0 Å². The number of benzene rings is 1. The number of amides is 1. The van der Waals surface area contributed by atoms with Gasteiger partial charge in [0.1, 0.15) is 6.04 Å². The van der Waals surface area contributed by atoms with E-state index < -0.39 is 27.8 Å². The number of carbonyl (C=O) groups is 2. The van der Waals surface area contributed by atoms with Crippen LogP contribution < -0.4 is 5.32 Å². The topological polar surface area (TPSA) is 101 Å². The summed E-state index contributed by atoms with van der Waals surface area (Å²) in [4.78, 5) is 23.7. The van der Waals surface area contributed by atoms with E-state index in [1.807, 2.05) is 13.8 Å². The fourth-order valence-electron chi connectivity index (χ4n) is 3.12. The van der Waals surface area contributed by atoms with E-state index in [1.54, 1.807) is 0 Å². The second kappa shape index (κ2) is 7.99. The van der Waals surface area contributed by atoms with Gasteiger partial charge in [0.15, 0.2) is 9.84 Å². The van der Waals surface area contributed by atoms with Crippen molar-refractivity contribution >= 4 is 21.7 Å². The Morgan fingerprint density at radius 3 is 2.20 bits per heavy atom. The van der Waals surface area contributed by atoms with Crippen LogP contribution in [0.4, 0.5) is 0 Å². The smallest absolute Gasteiger partial charge is 0.326 e. The van der Waals surface area contributed by atoms with Crippen molar-refractivity contribution in [3.8, 4) is 0 Å². The zero-order chi connectivity index (χ0) is 18.6. The largest absolute Gasteiger partial charge is 0.480 e. The van der Waals surface area contributed by atoms with Gasteiger partial charge in [-0.05, 0) is 49.4 Å². The third-order valence-electron chi connectivity index (χ3n) is 4.50. The molecule has 0 aliphatic heterocycles. The van der Waals surface area contributed by atoms with Crippen LogP contribution in [0.1, 0.15) is 56.3 Å². The molecule has 1 aromatic carbocycles. The van der Waals surface area contributed by atoms with E-state index in [0.717, 1.165) is 12.8 Å². The van der Waals surface area contributed by atoms with E-state index in [-0.39, 0.29) is 21.6 Å². The second-order valence-corrected chi connectivity index (χ2v) is 9.20. The maximum absolute atomic E-state index is 12.5. The second-order valence-electron chi connectivity index (χ2n) is 6.97. The molecular formula is C18H25NO5S. The minimum absolute atomic E-state index is 0.125. The summed E-state index contributed by atoms with van der Waals surface area (Å²) >= 11 is 0. The van der Waals surface area contributed by atoms with Gasteiger partial charge >= 0.3 is 5.97 Å². The van der Waals surface area contributed by atoms with E-state index in [0.29, 0.717) is 19.3 Å². The molecule has 0 radical (unpaired) electrons. The first-order valence-electron chi connectivity index (χ1n) is 8.59. The average molecular weight is 367 g/mol. The minimum atomic E-state index is -3.36. The van der Waals surface area contributed by atoms with E-state index >= 15 is 0 Å². The van der Waals surface area contributed by atoms with Gasteiger partial charge in [0, 0.05) is 5.56 Å². The molecule has 138 valence electrons. The number of carboxylic acids is 1. The number of carbonyl (C=O) groups excluding carboxylic acids is 1. The number of hydrogen-bond acceptors (Lipinski definition) is 4. The molecule has 1 aromatic rings. The van der Waals surface area contributed by atoms with Crippen LogP contribution in [-0.4, -0.2) is 36.7 Å². The molecule has 2 N–H and O–H groups in total. The van der Waals surface area contributed by atoms with Crippen LogP contribution in [0.2, 0.25) is 0 Å². The molecule has 25 heavy (non-hydrogen) atoms. The molecule has 1 aliphatic rings. The van der Waals surface area contributed by atoms with Crippen molar-refractivity contribution in [2.24, 2.45) is 5.92 Å². The van der Waals surface area contributed by atoms with Gasteiger partial charge in [0.2, 0.25) is 0 Å². The summed E-state index contributed by atoms with van der Waals surface area (Å²) in [6.45, 7) is 3.76. The zero-order valence-corrected chi connectivity index (χ0v) is 15.4. The summed E-state index contributed by atoms with van der Waals surface area (Å²) in [6.07, 6.45) is 3.54. The van der Waals surface area contributed by atoms with Crippen molar-refractivity contribution < 1.29 is 23.1 Å². The number of rotatable bonds is 7. The van der Waals surface area contributed by atoms with E-state index in [1.165, 1.54) is 24.3 Å². The Hall–Kier alpha value is -1.89. The lowest BCUT2D eigenvalue weighted by molar-refractivity contribution is -0.139. The molecule has 6 nitrogen and oxygen atoms in total. The molecule has 1 amide bonds. The zero-order valence-electron chi connectivity index (χ0n) is 14.6. The van der Waals surface area contributed by atoms with Crippen molar-refractivity contribution in [1.82, 2.24) is 5.32 Å². The molecule has 0 saturated heterocycles. The van der Waals surface area contributed by atoms with Crippen LogP contribution in [0, 0.1) is 5.92 Å². The van der Waals surface area contributed by atoms with Gasteiger partial charge in [-0.2, -0.15) is 0 Å². The van der Waals surface area contributed by atoms with E-state index in [4.69, 9.17) is 0 Å². The van der Waals surface area contributed by atoms with Crippen LogP contribution in [-0.2, 0) is 14.6 Å². The number of nitrogens with one attached hydrogen (secondary N) is 1. The van der Waals surface area contributed by atoms with Crippen LogP contribution in [0.25, 0.3) is 0 Å². The van der Waals surface area contributed by atoms with Crippen molar-refractivity contribution in [3.63, 3.8) is 0 Å². The standard InChI is InChI=1S/C18H25NO5S/c1-12(2)11-16(18(21)22)19-17(20)13-7-9-15(10-8-13)25(23,24)14-5-3-4-6-14/h7-10,12,14,16H,3-6,11H2,1-2H3,(H,19,20)(H,21,22)/t16-/m0/s1. The Morgan fingerprint density at radius 2 is 1.72 bits per heavy atom. The molecule has 2 rings (SSSR count). The quantitative estimate of drug-likeness (QED) is 0.771. The average Bonchev–Trinajstić information content (AvgIpc) is 3.09. The summed E-state index contributed by atoms with van der Waals surface area (Å²) in [6, 6.07) is 4.77. The molecule has 7 heteroatoms. The van der Waals surface area contributed by atoms with Gasteiger partial charge in [0.05, 0.1) is 10.1 Å². The van der Waals surface area contributed by atoms with Crippen LogP contribution in [0.3, 0.4) is 0 Å². The van der Waals surface area contributed by atoms with Crippen molar-refractivity contribution in [3.05, 3.63) is 29.8 Å². The highest BCUT2D eigenvalue weighted by Gasteiger charge is 2.30. The van der Waals surface area contributed by atoms with Crippen LogP contribution in [0.5, 0.6) is 0 Å². The normalized spacial score (nSPS) is 16.8. The molecule has 0 unspecified atom stereocenters. The van der Waals surface area contributed by atoms with Crippen LogP contribution >= 0.6 is 0 Å². The van der Waals surface area contributed by atoms with Gasteiger partial charge in [-0.1, -0.05) is 26.7 Å². The lowest BCUT2D eigenvalue weighted by Gasteiger charge is -2.16. The highest BCUT2D eigenvalue weighted by molar-refractivity contribution is 7.92. The number of hydrogen-bond donors (Lipinski definition) is 2. The predicted octanol–water partition coefficient (Wildman–Crippen LogP) is 2.63. The van der Waals surface area contributed by atoms with Crippen molar-refractivity contribution in [2.45, 2.75) is 62.1 Å². The monoisotopic (exact) mass is 367 g/mol. The maximum Gasteiger partial charge on any atom is 0.326 e. The first-order chi connectivity index (χ1) is 11.7. The first-order valence-corrected chi connectivity index (χ1v) is 10.1. The minimum Gasteiger partial charge on any atom is -0.480 e. The van der Waals surface area contributed by atoms with Gasteiger partial charge in [-0.25, -0.2) is 13.2 Å². The third-order valence-corrected chi connectivity index (χ3v) is 6.77. The highest BCUT2D eigenvalue weighted by atomic mass is 32.2. The van der Waals surface area contributed by atoms with Gasteiger partial charge in [-0.15, -0.1) is 0 Å². The van der Waals surface area contributed by atoms with Crippen molar-refractivity contribution in [1.29, 1.82) is 0 Å². The third kappa shape index (κ3) is 4.81.